The molecule has 0 radical (unpaired) electrons. The highest BCUT2D eigenvalue weighted by Gasteiger charge is 2.30. The highest BCUT2D eigenvalue weighted by molar-refractivity contribution is 5.99. The number of amides is 2. The second kappa shape index (κ2) is 8.65. The van der Waals surface area contributed by atoms with Crippen LogP contribution in [-0.4, -0.2) is 28.5 Å². The monoisotopic (exact) mass is 406 g/mol. The molecular weight excluding hydrogens is 385 g/mol. The zero-order chi connectivity index (χ0) is 21.0. The van der Waals surface area contributed by atoms with Gasteiger partial charge in [0.1, 0.15) is 0 Å². The number of nitrogens with one attached hydrogen (secondary N) is 1. The van der Waals surface area contributed by atoms with Gasteiger partial charge in [0, 0.05) is 25.1 Å². The molecule has 0 fully saturated rings. The van der Waals surface area contributed by atoms with Crippen molar-refractivity contribution >= 4 is 11.8 Å². The lowest BCUT2D eigenvalue weighted by Crippen LogP contribution is -2.25. The molecule has 0 aliphatic carbocycles. The molecule has 0 saturated carbocycles. The van der Waals surface area contributed by atoms with Crippen molar-refractivity contribution in [1.29, 1.82) is 0 Å². The summed E-state index contributed by atoms with van der Waals surface area (Å²) in [6.45, 7) is 1.02. The van der Waals surface area contributed by atoms with Crippen molar-refractivity contribution in [2.24, 2.45) is 0 Å². The number of rotatable bonds is 7. The first-order valence-electron chi connectivity index (χ1n) is 9.32. The minimum atomic E-state index is -4.37. The van der Waals surface area contributed by atoms with Gasteiger partial charge in [0.25, 0.3) is 5.91 Å². The maximum atomic E-state index is 12.7. The molecule has 1 heterocycles. The molecule has 0 bridgehead atoms. The molecule has 1 aliphatic heterocycles. The molecule has 154 valence electrons. The molecule has 5 nitrogen and oxygen atoms in total. The summed E-state index contributed by atoms with van der Waals surface area (Å²) in [5, 5.41) is 8.45. The van der Waals surface area contributed by atoms with Crippen LogP contribution in [-0.2, 0) is 17.5 Å². The number of alkyl halides is 3. The SMILES string of the molecule is O=C(CCCCCN1Cc2cc(-c3ccc(C(F)(F)F)cc3)ccc2C1=O)NO. The van der Waals surface area contributed by atoms with Crippen LogP contribution in [0.3, 0.4) is 0 Å². The number of fused-ring (bicyclic) bond motifs is 1. The molecule has 2 aromatic carbocycles. The summed E-state index contributed by atoms with van der Waals surface area (Å²) in [5.74, 6) is -0.488. The van der Waals surface area contributed by atoms with Crippen LogP contribution in [0.2, 0.25) is 0 Å². The number of carbonyl (C=O) groups excluding carboxylic acids is 2. The fourth-order valence-corrected chi connectivity index (χ4v) is 3.41. The van der Waals surface area contributed by atoms with Crippen molar-refractivity contribution in [3.05, 3.63) is 59.2 Å². The number of benzene rings is 2. The second-order valence-corrected chi connectivity index (χ2v) is 7.02. The van der Waals surface area contributed by atoms with Crippen LogP contribution in [0.5, 0.6) is 0 Å². The predicted molar refractivity (Wildman–Crippen MR) is 100 cm³/mol. The topological polar surface area (TPSA) is 69.6 Å². The Morgan fingerprint density at radius 2 is 1.72 bits per heavy atom. The molecule has 8 heteroatoms. The molecule has 1 aliphatic rings. The average molecular weight is 406 g/mol. The van der Waals surface area contributed by atoms with Crippen molar-refractivity contribution in [3.8, 4) is 11.1 Å². The van der Waals surface area contributed by atoms with Crippen LogP contribution in [0.1, 0.15) is 47.2 Å². The summed E-state index contributed by atoms with van der Waals surface area (Å²) < 4.78 is 38.2. The van der Waals surface area contributed by atoms with E-state index in [0.29, 0.717) is 30.6 Å². The molecule has 2 N–H and O–H groups in total. The lowest BCUT2D eigenvalue weighted by atomic mass is 9.99. The van der Waals surface area contributed by atoms with Crippen LogP contribution < -0.4 is 5.48 Å². The van der Waals surface area contributed by atoms with Gasteiger partial charge in [-0.3, -0.25) is 14.8 Å². The molecule has 3 rings (SSSR count). The van der Waals surface area contributed by atoms with Crippen molar-refractivity contribution in [2.45, 2.75) is 38.4 Å². The largest absolute Gasteiger partial charge is 0.416 e. The maximum Gasteiger partial charge on any atom is 0.416 e. The Hall–Kier alpha value is -2.87. The summed E-state index contributed by atoms with van der Waals surface area (Å²) in [7, 11) is 0. The van der Waals surface area contributed by atoms with Crippen molar-refractivity contribution in [3.63, 3.8) is 0 Å². The zero-order valence-electron chi connectivity index (χ0n) is 15.6. The standard InChI is InChI=1S/C21H21F3N2O3/c22-21(23,24)17-8-5-14(6-9-17)15-7-10-18-16(12-15)13-26(20(18)28)11-3-1-2-4-19(27)25-29/h5-10,12,29H,1-4,11,13H2,(H,25,27). The summed E-state index contributed by atoms with van der Waals surface area (Å²) >= 11 is 0. The van der Waals surface area contributed by atoms with E-state index >= 15 is 0 Å². The first-order chi connectivity index (χ1) is 13.8. The summed E-state index contributed by atoms with van der Waals surface area (Å²) in [4.78, 5) is 25.2. The van der Waals surface area contributed by atoms with E-state index in [4.69, 9.17) is 5.21 Å². The molecule has 0 spiro atoms. The molecule has 0 aromatic heterocycles. The smallest absolute Gasteiger partial charge is 0.334 e. The zero-order valence-corrected chi connectivity index (χ0v) is 15.6. The van der Waals surface area contributed by atoms with Crippen molar-refractivity contribution < 1.29 is 28.0 Å². The third kappa shape index (κ3) is 4.95. The highest BCUT2D eigenvalue weighted by Crippen LogP contribution is 2.32. The Morgan fingerprint density at radius 3 is 2.38 bits per heavy atom. The summed E-state index contributed by atoms with van der Waals surface area (Å²) in [6.07, 6.45) is -2.01. The average Bonchev–Trinajstić information content (AvgIpc) is 3.02. The van der Waals surface area contributed by atoms with Crippen LogP contribution in [0.25, 0.3) is 11.1 Å². The van der Waals surface area contributed by atoms with Crippen molar-refractivity contribution in [1.82, 2.24) is 10.4 Å². The Morgan fingerprint density at radius 1 is 1.03 bits per heavy atom. The highest BCUT2D eigenvalue weighted by atomic mass is 19.4. The number of hydroxylamine groups is 1. The van der Waals surface area contributed by atoms with E-state index in [1.54, 1.807) is 22.5 Å². The Balaban J connectivity index is 1.61. The minimum absolute atomic E-state index is 0.0629. The van der Waals surface area contributed by atoms with Gasteiger partial charge in [0.15, 0.2) is 0 Å². The van der Waals surface area contributed by atoms with E-state index < -0.39 is 17.6 Å². The lowest BCUT2D eigenvalue weighted by Gasteiger charge is -2.15. The van der Waals surface area contributed by atoms with Crippen LogP contribution in [0, 0.1) is 0 Å². The number of nitrogens with zero attached hydrogens (tertiary/aromatic N) is 1. The van der Waals surface area contributed by atoms with Crippen LogP contribution in [0.15, 0.2) is 42.5 Å². The van der Waals surface area contributed by atoms with Gasteiger partial charge in [-0.15, -0.1) is 0 Å². The maximum absolute atomic E-state index is 12.7. The fraction of sp³-hybridized carbons (Fsp3) is 0.333. The van der Waals surface area contributed by atoms with Gasteiger partial charge >= 0.3 is 6.18 Å². The number of hydrogen-bond acceptors (Lipinski definition) is 3. The Labute approximate surface area is 166 Å². The van der Waals surface area contributed by atoms with E-state index in [1.807, 2.05) is 6.07 Å². The summed E-state index contributed by atoms with van der Waals surface area (Å²) in [6, 6.07) is 10.3. The van der Waals surface area contributed by atoms with Crippen LogP contribution >= 0.6 is 0 Å². The Kier molecular flexibility index (Phi) is 6.22. The first kappa shape index (κ1) is 20.9. The number of hydrogen-bond donors (Lipinski definition) is 2. The predicted octanol–water partition coefficient (Wildman–Crippen LogP) is 4.39. The van der Waals surface area contributed by atoms with Gasteiger partial charge < -0.3 is 4.90 Å². The number of carbonyl (C=O) groups is 2. The van der Waals surface area contributed by atoms with Gasteiger partial charge in [0.2, 0.25) is 5.91 Å². The number of unbranched alkanes of at least 4 members (excludes halogenated alkanes) is 2. The third-order valence-corrected chi connectivity index (χ3v) is 4.99. The number of halogens is 3. The fourth-order valence-electron chi connectivity index (χ4n) is 3.41. The van der Waals surface area contributed by atoms with Gasteiger partial charge in [-0.25, -0.2) is 5.48 Å². The lowest BCUT2D eigenvalue weighted by molar-refractivity contribution is -0.137. The van der Waals surface area contributed by atoms with E-state index in [1.165, 1.54) is 12.1 Å². The van der Waals surface area contributed by atoms with Gasteiger partial charge in [-0.05, 0) is 53.8 Å². The summed E-state index contributed by atoms with van der Waals surface area (Å²) in [5.41, 5.74) is 3.78. The quantitative estimate of drug-likeness (QED) is 0.407. The Bertz CT molecular complexity index is 895. The van der Waals surface area contributed by atoms with Gasteiger partial charge in [-0.1, -0.05) is 24.6 Å². The van der Waals surface area contributed by atoms with E-state index in [2.05, 4.69) is 0 Å². The van der Waals surface area contributed by atoms with E-state index in [-0.39, 0.29) is 12.3 Å². The van der Waals surface area contributed by atoms with E-state index in [0.717, 1.165) is 36.1 Å². The minimum Gasteiger partial charge on any atom is -0.334 e. The van der Waals surface area contributed by atoms with Gasteiger partial charge in [-0.2, -0.15) is 13.2 Å². The molecular formula is C21H21F3N2O3. The third-order valence-electron chi connectivity index (χ3n) is 4.99. The first-order valence-corrected chi connectivity index (χ1v) is 9.32. The molecule has 29 heavy (non-hydrogen) atoms. The van der Waals surface area contributed by atoms with Gasteiger partial charge in [0.05, 0.1) is 5.56 Å². The molecule has 0 unspecified atom stereocenters. The molecule has 2 aromatic rings. The molecule has 2 amide bonds. The molecule has 0 saturated heterocycles. The second-order valence-electron chi connectivity index (χ2n) is 7.02. The van der Waals surface area contributed by atoms with Crippen molar-refractivity contribution in [2.75, 3.05) is 6.54 Å². The van der Waals surface area contributed by atoms with Crippen LogP contribution in [0.4, 0.5) is 13.2 Å². The normalized spacial score (nSPS) is 13.5. The molecule has 0 atom stereocenters. The van der Waals surface area contributed by atoms with E-state index in [9.17, 15) is 22.8 Å².